The van der Waals surface area contributed by atoms with E-state index in [-0.39, 0.29) is 69.0 Å². The van der Waals surface area contributed by atoms with Gasteiger partial charge in [0.2, 0.25) is 0 Å². The molecule has 2 aliphatic rings. The summed E-state index contributed by atoms with van der Waals surface area (Å²) < 4.78 is 138. The van der Waals surface area contributed by atoms with Gasteiger partial charge in [-0.1, -0.05) is 0 Å². The predicted octanol–water partition coefficient (Wildman–Crippen LogP) is 8.31. The number of fused-ring (bicyclic) bond motifs is 8. The number of aromatic amines is 2. The Bertz CT molecular complexity index is 3680. The van der Waals surface area contributed by atoms with Crippen molar-refractivity contribution < 1.29 is 68.7 Å². The van der Waals surface area contributed by atoms with E-state index in [1.807, 2.05) is 6.07 Å². The monoisotopic (exact) mass is 1020 g/mol. The van der Waals surface area contributed by atoms with Gasteiger partial charge >= 0.3 is 40.5 Å². The molecule has 9 rings (SSSR count). The molecule has 1 radical (unpaired) electrons. The number of aromatic nitrogens is 4. The quantitative estimate of drug-likeness (QED) is 0.0782. The molecular formula is C36H22CoN4O12S8. The second-order valence-corrected chi connectivity index (χ2v) is 23.9. The molecule has 61 heavy (non-hydrogen) atoms. The standard InChI is InChI=1S/C36H22N4O12S8.Co/c41-57(42,43)28-9-5-24(53-28)22-15-21-14-19-2-1-17(37-19)13-18-3-4-20(38-18)16-23-32(25-6-10-29(54-25)58(44,45)46)33(26-7-11-30(55-26)59(47,48)49)36(40-23)34(35(22)39-21)27-8-12-31(56-27)60(50,51)52;/h1-16,37,40H,(H,41,42,43)(H,44,45,46)(H,47,48,49)(H,50,51,52);. The summed E-state index contributed by atoms with van der Waals surface area (Å²) >= 11 is 2.75. The average Bonchev–Trinajstić information content (AvgIpc) is 3.99. The molecule has 16 nitrogen and oxygen atoms in total. The molecule has 6 N–H and O–H groups in total. The van der Waals surface area contributed by atoms with Gasteiger partial charge < -0.3 is 9.97 Å². The largest absolute Gasteiger partial charge is 0.355 e. The van der Waals surface area contributed by atoms with E-state index in [0.717, 1.165) is 11.3 Å². The van der Waals surface area contributed by atoms with Gasteiger partial charge in [-0.25, -0.2) is 9.97 Å². The number of H-pyrrole nitrogens is 2. The van der Waals surface area contributed by atoms with Gasteiger partial charge in [0.15, 0.2) is 0 Å². The Morgan fingerprint density at radius 1 is 0.459 bits per heavy atom. The second-order valence-electron chi connectivity index (χ2n) is 13.0. The molecule has 0 aliphatic carbocycles. The fourth-order valence-electron chi connectivity index (χ4n) is 6.57. The van der Waals surface area contributed by atoms with Crippen molar-refractivity contribution in [2.24, 2.45) is 0 Å². The summed E-state index contributed by atoms with van der Waals surface area (Å²) in [5.74, 6) is 0. The van der Waals surface area contributed by atoms with E-state index in [1.54, 1.807) is 42.5 Å². The Morgan fingerprint density at radius 3 is 1.38 bits per heavy atom. The molecule has 8 bridgehead atoms. The third-order valence-corrected chi connectivity index (χ3v) is 18.7. The van der Waals surface area contributed by atoms with Crippen LogP contribution in [0.4, 0.5) is 0 Å². The Hall–Kier alpha value is -4.45. The molecule has 0 saturated heterocycles. The zero-order chi connectivity index (χ0) is 42.5. The second kappa shape index (κ2) is 15.4. The Labute approximate surface area is 371 Å². The van der Waals surface area contributed by atoms with Crippen LogP contribution < -0.4 is 0 Å². The van der Waals surface area contributed by atoms with Crippen LogP contribution in [0.2, 0.25) is 0 Å². The van der Waals surface area contributed by atoms with Crippen LogP contribution >= 0.6 is 45.3 Å². The third kappa shape index (κ3) is 8.42. The fourth-order valence-corrected chi connectivity index (χ4v) is 13.4. The minimum atomic E-state index is -4.77. The molecule has 9 heterocycles. The van der Waals surface area contributed by atoms with Crippen LogP contribution in [0.5, 0.6) is 0 Å². The van der Waals surface area contributed by atoms with Crippen molar-refractivity contribution >= 4 is 132 Å². The van der Waals surface area contributed by atoms with Crippen molar-refractivity contribution in [3.63, 3.8) is 0 Å². The Morgan fingerprint density at radius 2 is 0.885 bits per heavy atom. The van der Waals surface area contributed by atoms with Crippen molar-refractivity contribution in [1.82, 2.24) is 19.9 Å². The van der Waals surface area contributed by atoms with Crippen LogP contribution in [0.3, 0.4) is 0 Å². The summed E-state index contributed by atoms with van der Waals surface area (Å²) in [4.78, 5) is 17.3. The van der Waals surface area contributed by atoms with Crippen molar-refractivity contribution in [2.75, 3.05) is 0 Å². The van der Waals surface area contributed by atoms with E-state index in [1.165, 1.54) is 48.5 Å². The first-order valence-electron chi connectivity index (χ1n) is 16.7. The van der Waals surface area contributed by atoms with Crippen molar-refractivity contribution in [3.8, 4) is 31.3 Å². The molecule has 0 spiro atoms. The topological polar surface area (TPSA) is 275 Å². The van der Waals surface area contributed by atoms with E-state index in [9.17, 15) is 51.9 Å². The van der Waals surface area contributed by atoms with Gasteiger partial charge in [0.05, 0.1) is 33.8 Å². The van der Waals surface area contributed by atoms with Gasteiger partial charge in [-0.2, -0.15) is 33.7 Å². The molecule has 25 heteroatoms. The first-order chi connectivity index (χ1) is 28.2. The zero-order valence-corrected chi connectivity index (χ0v) is 37.4. The van der Waals surface area contributed by atoms with Crippen LogP contribution in [-0.2, 0) is 57.3 Å². The maximum absolute atomic E-state index is 12.5. The first-order valence-corrected chi connectivity index (χ1v) is 25.7. The first kappa shape index (κ1) is 43.2. The molecule has 315 valence electrons. The van der Waals surface area contributed by atoms with Gasteiger partial charge in [0.1, 0.15) is 16.8 Å². The van der Waals surface area contributed by atoms with Crippen LogP contribution in [0.25, 0.3) is 77.2 Å². The Kier molecular flexibility index (Phi) is 10.9. The summed E-state index contributed by atoms with van der Waals surface area (Å²) in [5, 5.41) is 0. The number of rotatable bonds is 8. The molecule has 7 aromatic rings. The molecule has 0 saturated carbocycles. The number of hydrogen-bond donors (Lipinski definition) is 6. The summed E-state index contributed by atoms with van der Waals surface area (Å²) in [6, 6.07) is 19.2. The van der Waals surface area contributed by atoms with E-state index < -0.39 is 53.1 Å². The number of nitrogens with one attached hydrogen (secondary N) is 2. The van der Waals surface area contributed by atoms with Crippen LogP contribution in [-0.4, -0.2) is 71.8 Å². The molecule has 0 atom stereocenters. The summed E-state index contributed by atoms with van der Waals surface area (Å²) in [5.41, 5.74) is 4.09. The van der Waals surface area contributed by atoms with E-state index in [4.69, 9.17) is 9.97 Å². The maximum atomic E-state index is 12.5. The molecule has 0 aromatic carbocycles. The third-order valence-electron chi connectivity index (χ3n) is 8.96. The van der Waals surface area contributed by atoms with E-state index in [2.05, 4.69) is 9.97 Å². The minimum absolute atomic E-state index is 0. The number of nitrogens with zero attached hydrogens (tertiary/aromatic N) is 2. The minimum Gasteiger partial charge on any atom is -0.355 e. The van der Waals surface area contributed by atoms with Gasteiger partial charge in [-0.05, 0) is 97.1 Å². The summed E-state index contributed by atoms with van der Waals surface area (Å²) in [6.45, 7) is 0. The summed E-state index contributed by atoms with van der Waals surface area (Å²) in [7, 11) is -18.9. The predicted molar refractivity (Wildman–Crippen MR) is 230 cm³/mol. The van der Waals surface area contributed by atoms with Crippen LogP contribution in [0.1, 0.15) is 27.7 Å². The smallest absolute Gasteiger partial charge is 0.304 e. The zero-order valence-electron chi connectivity index (χ0n) is 29.8. The molecule has 0 fully saturated rings. The van der Waals surface area contributed by atoms with E-state index in [0.29, 0.717) is 72.6 Å². The number of hydrogen-bond acceptors (Lipinski definition) is 14. The molecule has 0 unspecified atom stereocenters. The molecule has 2 aliphatic heterocycles. The van der Waals surface area contributed by atoms with Crippen molar-refractivity contribution in [3.05, 3.63) is 107 Å². The van der Waals surface area contributed by atoms with Crippen molar-refractivity contribution in [1.29, 1.82) is 0 Å². The SMILES string of the molecule is O=S(=O)(O)c1ccc(C2=Cc3cc4ccc(cc5nc(cc6[nH]c(c(-c7ccc(S(=O)(=O)O)s7)c2n3)c(-c2ccc(S(=O)(=O)O)s2)c6-c2ccc(S(=O)(=O)O)s2)C=C5)[nH]4)s1.[Co]. The van der Waals surface area contributed by atoms with Gasteiger partial charge in [0, 0.05) is 69.6 Å². The van der Waals surface area contributed by atoms with Gasteiger partial charge in [-0.15, -0.1) is 45.3 Å². The van der Waals surface area contributed by atoms with Crippen LogP contribution in [0, 0.1) is 0 Å². The Balaban J connectivity index is 0.00000514. The number of thiophene rings is 4. The molecular weight excluding hydrogens is 996 g/mol. The average molecular weight is 1020 g/mol. The maximum Gasteiger partial charge on any atom is 0.304 e. The summed E-state index contributed by atoms with van der Waals surface area (Å²) in [6.07, 6.45) is 5.13. The van der Waals surface area contributed by atoms with Crippen molar-refractivity contribution in [2.45, 2.75) is 16.8 Å². The van der Waals surface area contributed by atoms with Gasteiger partial charge in [-0.3, -0.25) is 18.2 Å². The fraction of sp³-hybridized carbons (Fsp3) is 0. The van der Waals surface area contributed by atoms with Gasteiger partial charge in [0.25, 0.3) is 0 Å². The normalized spacial score (nSPS) is 13.3. The van der Waals surface area contributed by atoms with Crippen LogP contribution in [0.15, 0.2) is 95.7 Å². The molecule has 0 amide bonds. The molecule has 7 aromatic heterocycles. The van der Waals surface area contributed by atoms with E-state index >= 15 is 0 Å².